The van der Waals surface area contributed by atoms with Crippen molar-refractivity contribution in [2.75, 3.05) is 6.61 Å². The minimum absolute atomic E-state index is 0.214. The highest BCUT2D eigenvalue weighted by atomic mass is 16.5. The van der Waals surface area contributed by atoms with Gasteiger partial charge in [-0.05, 0) is 24.3 Å². The van der Waals surface area contributed by atoms with Gasteiger partial charge in [0, 0.05) is 6.07 Å². The summed E-state index contributed by atoms with van der Waals surface area (Å²) in [7, 11) is 0. The van der Waals surface area contributed by atoms with Crippen LogP contribution in [0.4, 0.5) is 0 Å². The Kier molecular flexibility index (Phi) is 5.90. The van der Waals surface area contributed by atoms with Gasteiger partial charge in [0.1, 0.15) is 23.9 Å². The fourth-order valence-corrected chi connectivity index (χ4v) is 1.16. The van der Waals surface area contributed by atoms with Gasteiger partial charge in [-0.1, -0.05) is 36.9 Å². The van der Waals surface area contributed by atoms with Crippen molar-refractivity contribution in [1.82, 2.24) is 0 Å². The van der Waals surface area contributed by atoms with Crippen molar-refractivity contribution in [1.29, 1.82) is 0 Å². The third-order valence-corrected chi connectivity index (χ3v) is 1.94. The topological polar surface area (TPSA) is 49.7 Å². The van der Waals surface area contributed by atoms with Crippen LogP contribution in [0.2, 0.25) is 0 Å². The van der Waals surface area contributed by atoms with E-state index < -0.39 is 0 Å². The van der Waals surface area contributed by atoms with Crippen LogP contribution in [0.5, 0.6) is 17.2 Å². The lowest BCUT2D eigenvalue weighted by atomic mass is 10.3. The van der Waals surface area contributed by atoms with E-state index in [9.17, 15) is 0 Å². The highest BCUT2D eigenvalue weighted by Crippen LogP contribution is 2.17. The zero-order valence-electron chi connectivity index (χ0n) is 9.99. The first-order valence-corrected chi connectivity index (χ1v) is 5.49. The number of benzene rings is 2. The maximum Gasteiger partial charge on any atom is 0.123 e. The Balaban J connectivity index is 0.000000199. The van der Waals surface area contributed by atoms with E-state index in [1.54, 1.807) is 54.6 Å². The summed E-state index contributed by atoms with van der Waals surface area (Å²) in [6, 6.07) is 15.4. The summed E-state index contributed by atoms with van der Waals surface area (Å²) in [5.41, 5.74) is 0. The summed E-state index contributed by atoms with van der Waals surface area (Å²) >= 11 is 0. The van der Waals surface area contributed by atoms with Crippen LogP contribution in [0.15, 0.2) is 67.3 Å². The summed E-state index contributed by atoms with van der Waals surface area (Å²) in [4.78, 5) is 0. The lowest BCUT2D eigenvalue weighted by Gasteiger charge is -2.01. The second-order valence-electron chi connectivity index (χ2n) is 3.43. The Morgan fingerprint density at radius 1 is 0.944 bits per heavy atom. The van der Waals surface area contributed by atoms with E-state index in [1.165, 1.54) is 0 Å². The molecule has 0 saturated heterocycles. The predicted molar refractivity (Wildman–Crippen MR) is 71.9 cm³/mol. The largest absolute Gasteiger partial charge is 0.508 e. The van der Waals surface area contributed by atoms with E-state index in [-0.39, 0.29) is 5.75 Å². The quantitative estimate of drug-likeness (QED) is 0.814. The normalized spacial score (nSPS) is 8.89. The van der Waals surface area contributed by atoms with Gasteiger partial charge in [-0.25, -0.2) is 0 Å². The monoisotopic (exact) mass is 244 g/mol. The molecule has 0 fully saturated rings. The maximum absolute atomic E-state index is 9.01. The molecule has 0 spiro atoms. The van der Waals surface area contributed by atoms with Crippen molar-refractivity contribution in [3.63, 3.8) is 0 Å². The molecule has 0 atom stereocenters. The molecule has 3 heteroatoms. The van der Waals surface area contributed by atoms with E-state index in [1.807, 2.05) is 6.07 Å². The summed E-state index contributed by atoms with van der Waals surface area (Å²) in [6.45, 7) is 3.97. The maximum atomic E-state index is 9.01. The van der Waals surface area contributed by atoms with Crippen molar-refractivity contribution < 1.29 is 14.9 Å². The summed E-state index contributed by atoms with van der Waals surface area (Å²) < 4.78 is 5.16. The SMILES string of the molecule is C=CCOc1cccc(O)c1.Oc1ccccc1. The Bertz CT molecular complexity index is 466. The van der Waals surface area contributed by atoms with Crippen LogP contribution in [0.1, 0.15) is 0 Å². The molecule has 18 heavy (non-hydrogen) atoms. The molecule has 0 aliphatic rings. The molecule has 2 aromatic rings. The first-order valence-electron chi connectivity index (χ1n) is 5.49. The van der Waals surface area contributed by atoms with Crippen molar-refractivity contribution in [3.05, 3.63) is 67.3 Å². The van der Waals surface area contributed by atoms with Crippen molar-refractivity contribution in [2.45, 2.75) is 0 Å². The lowest BCUT2D eigenvalue weighted by molar-refractivity contribution is 0.360. The molecule has 2 aromatic carbocycles. The number of ether oxygens (including phenoxy) is 1. The number of aromatic hydroxyl groups is 2. The molecule has 3 nitrogen and oxygen atoms in total. The van der Waals surface area contributed by atoms with E-state index in [2.05, 4.69) is 6.58 Å². The molecule has 0 bridgehead atoms. The summed E-state index contributed by atoms with van der Waals surface area (Å²) in [5, 5.41) is 17.6. The smallest absolute Gasteiger partial charge is 0.123 e. The van der Waals surface area contributed by atoms with Crippen molar-refractivity contribution >= 4 is 0 Å². The molecule has 0 aliphatic heterocycles. The van der Waals surface area contributed by atoms with Gasteiger partial charge in [0.15, 0.2) is 0 Å². The minimum atomic E-state index is 0.214. The molecule has 0 amide bonds. The minimum Gasteiger partial charge on any atom is -0.508 e. The van der Waals surface area contributed by atoms with Gasteiger partial charge in [-0.2, -0.15) is 0 Å². The fourth-order valence-electron chi connectivity index (χ4n) is 1.16. The molecule has 0 aromatic heterocycles. The second-order valence-corrected chi connectivity index (χ2v) is 3.43. The van der Waals surface area contributed by atoms with Crippen LogP contribution in [-0.4, -0.2) is 16.8 Å². The first kappa shape index (κ1) is 13.6. The molecule has 94 valence electrons. The molecule has 0 aliphatic carbocycles. The Morgan fingerprint density at radius 3 is 2.11 bits per heavy atom. The van der Waals surface area contributed by atoms with Gasteiger partial charge in [0.25, 0.3) is 0 Å². The Morgan fingerprint density at radius 2 is 1.61 bits per heavy atom. The van der Waals surface area contributed by atoms with Crippen molar-refractivity contribution in [2.24, 2.45) is 0 Å². The Hall–Kier alpha value is -2.42. The number of hydrogen-bond acceptors (Lipinski definition) is 3. The third-order valence-electron chi connectivity index (χ3n) is 1.94. The fraction of sp³-hybridized carbons (Fsp3) is 0.0667. The number of para-hydroxylation sites is 1. The molecule has 0 unspecified atom stereocenters. The summed E-state index contributed by atoms with van der Waals surface area (Å²) in [5.74, 6) is 1.19. The molecule has 2 N–H and O–H groups in total. The van der Waals surface area contributed by atoms with E-state index in [4.69, 9.17) is 14.9 Å². The van der Waals surface area contributed by atoms with E-state index >= 15 is 0 Å². The molecule has 0 saturated carbocycles. The first-order chi connectivity index (χ1) is 8.72. The van der Waals surface area contributed by atoms with Gasteiger partial charge < -0.3 is 14.9 Å². The lowest BCUT2D eigenvalue weighted by Crippen LogP contribution is -1.91. The van der Waals surface area contributed by atoms with Crippen LogP contribution in [0, 0.1) is 0 Å². The van der Waals surface area contributed by atoms with Gasteiger partial charge in [-0.15, -0.1) is 0 Å². The highest BCUT2D eigenvalue weighted by Gasteiger charge is 1.91. The Labute approximate surface area is 107 Å². The third kappa shape index (κ3) is 5.61. The average molecular weight is 244 g/mol. The van der Waals surface area contributed by atoms with Crippen LogP contribution < -0.4 is 4.74 Å². The van der Waals surface area contributed by atoms with Gasteiger partial charge >= 0.3 is 0 Å². The van der Waals surface area contributed by atoms with Gasteiger partial charge in [0.2, 0.25) is 0 Å². The molecule has 0 heterocycles. The molecular formula is C15H16O3. The zero-order valence-corrected chi connectivity index (χ0v) is 9.99. The van der Waals surface area contributed by atoms with Crippen molar-refractivity contribution in [3.8, 4) is 17.2 Å². The molecule has 0 radical (unpaired) electrons. The number of phenols is 2. The van der Waals surface area contributed by atoms with Gasteiger partial charge in [0.05, 0.1) is 0 Å². The predicted octanol–water partition coefficient (Wildman–Crippen LogP) is 3.35. The average Bonchev–Trinajstić information content (AvgIpc) is 2.38. The number of rotatable bonds is 3. The van der Waals surface area contributed by atoms with Crippen LogP contribution in [0.25, 0.3) is 0 Å². The molecular weight excluding hydrogens is 228 g/mol. The van der Waals surface area contributed by atoms with Gasteiger partial charge in [-0.3, -0.25) is 0 Å². The van der Waals surface area contributed by atoms with Crippen LogP contribution in [-0.2, 0) is 0 Å². The number of hydrogen-bond donors (Lipinski definition) is 2. The summed E-state index contributed by atoms with van der Waals surface area (Å²) in [6.07, 6.45) is 1.66. The van der Waals surface area contributed by atoms with E-state index in [0.717, 1.165) is 0 Å². The van der Waals surface area contributed by atoms with Crippen LogP contribution in [0.3, 0.4) is 0 Å². The van der Waals surface area contributed by atoms with Crippen LogP contribution >= 0.6 is 0 Å². The highest BCUT2D eigenvalue weighted by molar-refractivity contribution is 5.31. The standard InChI is InChI=1S/C9H10O2.C6H6O/c1-2-6-11-9-5-3-4-8(10)7-9;7-6-4-2-1-3-5-6/h2-5,7,10H,1,6H2;1-5,7H. The molecule has 2 rings (SSSR count). The number of phenolic OH excluding ortho intramolecular Hbond substituents is 2. The zero-order chi connectivity index (χ0) is 13.2. The van der Waals surface area contributed by atoms with E-state index in [0.29, 0.717) is 18.1 Å². The second kappa shape index (κ2) is 7.79.